The van der Waals surface area contributed by atoms with Crippen LogP contribution in [0, 0.1) is 44.1 Å². The molecule has 3 aromatic rings. The molecule has 8 heteroatoms. The Balaban J connectivity index is 0.000000758. The zero-order valence-electron chi connectivity index (χ0n) is 20.1. The Morgan fingerprint density at radius 2 is 1.79 bits per heavy atom. The smallest absolute Gasteiger partial charge is 0.378 e. The molecule has 0 amide bonds. The number of unbranched alkanes of at least 4 members (excludes halogenated alkanes) is 1. The molecule has 0 saturated carbocycles. The number of benzene rings is 1. The fourth-order valence-corrected chi connectivity index (χ4v) is 2.97. The van der Waals surface area contributed by atoms with E-state index in [4.69, 9.17) is 4.74 Å². The molecule has 0 radical (unpaired) electrons. The molecule has 1 fully saturated rings. The average Bonchev–Trinajstić information content (AvgIpc) is 3.35. The Morgan fingerprint density at radius 1 is 1.12 bits per heavy atom. The third-order valence-corrected chi connectivity index (χ3v) is 5.13. The van der Waals surface area contributed by atoms with Gasteiger partial charge >= 0.3 is 31.1 Å². The Bertz CT molecular complexity index is 1070. The van der Waals surface area contributed by atoms with Gasteiger partial charge in [0.05, 0.1) is 19.4 Å². The van der Waals surface area contributed by atoms with Crippen molar-refractivity contribution in [2.75, 3.05) is 31.2 Å². The van der Waals surface area contributed by atoms with E-state index in [1.165, 1.54) is 19.8 Å². The zero-order chi connectivity index (χ0) is 23.6. The second-order valence-electron chi connectivity index (χ2n) is 7.72. The van der Waals surface area contributed by atoms with E-state index in [2.05, 4.69) is 46.8 Å². The fraction of sp³-hybridized carbons (Fsp3) is 0.346. The summed E-state index contributed by atoms with van der Waals surface area (Å²) in [5, 5.41) is 4.44. The Hall–Kier alpha value is -2.40. The third-order valence-electron chi connectivity index (χ3n) is 5.13. The maximum Gasteiger partial charge on any atom is 2.00 e. The molecule has 1 aliphatic rings. The summed E-state index contributed by atoms with van der Waals surface area (Å²) in [4.78, 5) is 22.9. The number of hydrogen-bond donors (Lipinski definition) is 0. The van der Waals surface area contributed by atoms with Crippen LogP contribution in [0.3, 0.4) is 0 Å². The van der Waals surface area contributed by atoms with Crippen LogP contribution >= 0.6 is 0 Å². The van der Waals surface area contributed by atoms with Crippen LogP contribution in [0.5, 0.6) is 0 Å². The van der Waals surface area contributed by atoms with Crippen LogP contribution in [0.2, 0.25) is 0 Å². The molecule has 7 nitrogen and oxygen atoms in total. The summed E-state index contributed by atoms with van der Waals surface area (Å²) in [6.07, 6.45) is 7.93. The van der Waals surface area contributed by atoms with Gasteiger partial charge in [0, 0.05) is 36.5 Å². The largest absolute Gasteiger partial charge is 2.00 e. The van der Waals surface area contributed by atoms with Crippen LogP contribution in [0.1, 0.15) is 39.3 Å². The molecule has 1 aromatic carbocycles. The Morgan fingerprint density at radius 3 is 2.41 bits per heavy atom. The number of ketones is 1. The number of carbonyl (C=O) groups is 1. The fourth-order valence-electron chi connectivity index (χ4n) is 2.97. The molecule has 0 unspecified atom stereocenters. The van der Waals surface area contributed by atoms with Gasteiger partial charge in [-0.15, -0.1) is 0 Å². The summed E-state index contributed by atoms with van der Waals surface area (Å²) in [5.41, 5.74) is 2.89. The summed E-state index contributed by atoms with van der Waals surface area (Å²) in [6, 6.07) is 13.2. The summed E-state index contributed by atoms with van der Waals surface area (Å²) in [5.74, 6) is 0.949. The summed E-state index contributed by atoms with van der Waals surface area (Å²) >= 11 is 0. The van der Waals surface area contributed by atoms with Crippen LogP contribution in [0.25, 0.3) is 23.2 Å². The molecule has 0 spiro atoms. The predicted octanol–water partition coefficient (Wildman–Crippen LogP) is 4.58. The van der Waals surface area contributed by atoms with Gasteiger partial charge in [-0.3, -0.25) is 4.98 Å². The summed E-state index contributed by atoms with van der Waals surface area (Å²) < 4.78 is 7.06. The molecular weight excluding hydrogens is 652 g/mol. The number of nitrogens with zero attached hydrogens (tertiary/aromatic N) is 5. The van der Waals surface area contributed by atoms with Crippen molar-refractivity contribution in [2.24, 2.45) is 0 Å². The Labute approximate surface area is 226 Å². The first-order valence-electron chi connectivity index (χ1n) is 11.3. The second-order valence-corrected chi connectivity index (χ2v) is 7.72. The Kier molecular flexibility index (Phi) is 11.6. The molecule has 0 N–H and O–H groups in total. The minimum Gasteiger partial charge on any atom is -0.378 e. The molecular formula is C26H31N5O2U. The van der Waals surface area contributed by atoms with Crippen molar-refractivity contribution in [3.05, 3.63) is 67.0 Å². The normalized spacial score (nSPS) is 13.5. The third kappa shape index (κ3) is 7.83. The number of ether oxygens (including phenoxy) is 1. The van der Waals surface area contributed by atoms with Crippen molar-refractivity contribution in [3.8, 4) is 17.1 Å². The molecule has 0 aliphatic carbocycles. The molecule has 0 bridgehead atoms. The van der Waals surface area contributed by atoms with E-state index in [0.717, 1.165) is 11.1 Å². The van der Waals surface area contributed by atoms with Crippen LogP contribution < -0.4 is 4.90 Å². The van der Waals surface area contributed by atoms with Crippen LogP contribution in [0.15, 0.2) is 48.3 Å². The van der Waals surface area contributed by atoms with E-state index in [9.17, 15) is 4.79 Å². The molecule has 3 heterocycles. The molecule has 2 aromatic heterocycles. The number of hydrogen-bond acceptors (Lipinski definition) is 6. The first-order valence-corrected chi connectivity index (χ1v) is 11.3. The van der Waals surface area contributed by atoms with E-state index in [1.807, 2.05) is 36.5 Å². The summed E-state index contributed by atoms with van der Waals surface area (Å²) in [6.45, 7) is 12.3. The first kappa shape index (κ1) is 27.8. The van der Waals surface area contributed by atoms with Crippen molar-refractivity contribution in [1.29, 1.82) is 0 Å². The van der Waals surface area contributed by atoms with Crippen molar-refractivity contribution < 1.29 is 40.6 Å². The van der Waals surface area contributed by atoms with Gasteiger partial charge in [-0.1, -0.05) is 62.7 Å². The number of aromatic nitrogens is 4. The molecule has 4 rings (SSSR count). The van der Waals surface area contributed by atoms with Crippen LogP contribution in [0.4, 0.5) is 5.82 Å². The summed E-state index contributed by atoms with van der Waals surface area (Å²) in [7, 11) is 0. The monoisotopic (exact) mass is 683 g/mol. The van der Waals surface area contributed by atoms with E-state index in [0.29, 0.717) is 49.3 Å². The second kappa shape index (κ2) is 14.1. The number of allylic oxidation sites excluding steroid dienone is 1. The molecule has 1 aliphatic heterocycles. The SMILES string of the molecule is CCCC.[CH2-]/C(=C\c1[c-]c(N2CCOCC2)nc(-n2cc(-c3ccccc3)cn2)n1)C(C)=O.[U+2]. The van der Waals surface area contributed by atoms with E-state index >= 15 is 0 Å². The van der Waals surface area contributed by atoms with E-state index in [1.54, 1.807) is 17.0 Å². The number of carbonyl (C=O) groups excluding carboxylic acids is 1. The maximum absolute atomic E-state index is 11.6. The van der Waals surface area contributed by atoms with Gasteiger partial charge in [0.2, 0.25) is 5.95 Å². The van der Waals surface area contributed by atoms with Gasteiger partial charge in [-0.2, -0.15) is 22.8 Å². The van der Waals surface area contributed by atoms with Gasteiger partial charge in [-0.05, 0) is 12.5 Å². The number of rotatable bonds is 6. The quantitative estimate of drug-likeness (QED) is 0.280. The van der Waals surface area contributed by atoms with Gasteiger partial charge in [0.15, 0.2) is 0 Å². The average molecular weight is 684 g/mol. The minimum atomic E-state index is -0.114. The predicted molar refractivity (Wildman–Crippen MR) is 131 cm³/mol. The number of anilines is 1. The molecule has 34 heavy (non-hydrogen) atoms. The van der Waals surface area contributed by atoms with Crippen LogP contribution in [-0.2, 0) is 9.53 Å². The van der Waals surface area contributed by atoms with Gasteiger partial charge < -0.3 is 14.4 Å². The van der Waals surface area contributed by atoms with Crippen molar-refractivity contribution in [3.63, 3.8) is 0 Å². The first-order chi connectivity index (χ1) is 16.0. The van der Waals surface area contributed by atoms with Gasteiger partial charge in [-0.25, -0.2) is 16.6 Å². The maximum atomic E-state index is 11.6. The number of Topliss-reactive ketones (excluding diaryl/α,β-unsaturated/α-hetero) is 1. The van der Waals surface area contributed by atoms with Gasteiger partial charge in [0.1, 0.15) is 0 Å². The zero-order valence-corrected chi connectivity index (χ0v) is 24.3. The van der Waals surface area contributed by atoms with Crippen LogP contribution in [-0.4, -0.2) is 51.8 Å². The molecule has 1 saturated heterocycles. The standard InChI is InChI=1S/C22H21N5O2.C4H10.U/c1-16(17(2)28)12-20-13-21(26-8-10-29-11-9-26)25-22(24-20)27-15-19(14-23-27)18-6-4-3-5-7-18;1-3-4-2;/h3-7,12,14-15H,1,8-11H2,2H3;3-4H2,1-2H3;/q-2;;+2/b16-12+;;. The minimum absolute atomic E-state index is 0. The molecule has 176 valence electrons. The van der Waals surface area contributed by atoms with Crippen molar-refractivity contribution in [2.45, 2.75) is 33.6 Å². The number of morpholine rings is 1. The van der Waals surface area contributed by atoms with E-state index in [-0.39, 0.29) is 36.9 Å². The van der Waals surface area contributed by atoms with Crippen molar-refractivity contribution >= 4 is 17.7 Å². The topological polar surface area (TPSA) is 73.1 Å². The van der Waals surface area contributed by atoms with Crippen molar-refractivity contribution in [1.82, 2.24) is 19.7 Å². The van der Waals surface area contributed by atoms with E-state index < -0.39 is 0 Å². The van der Waals surface area contributed by atoms with Gasteiger partial charge in [0.25, 0.3) is 0 Å². The molecule has 0 atom stereocenters.